The molecule has 0 rings (SSSR count). The number of nitrogens with two attached hydrogens (primary N) is 2. The second kappa shape index (κ2) is 15.1. The van der Waals surface area contributed by atoms with Gasteiger partial charge in [0.05, 0.1) is 12.2 Å². The SMILES string of the molecule is C[C@@H](O)[C@H](N)C(=O)N[C@@H](CCC(=O)O)C(=O)N[C@@H](CCCCN)C(=O)N[C@H](C(=O)O)[C@@H](C)O. The zero-order valence-corrected chi connectivity index (χ0v) is 18.7. The fourth-order valence-corrected chi connectivity index (χ4v) is 2.70. The van der Waals surface area contributed by atoms with Crippen LogP contribution in [0.2, 0.25) is 0 Å². The summed E-state index contributed by atoms with van der Waals surface area (Å²) in [6.45, 7) is 2.74. The Morgan fingerprint density at radius 2 is 1.30 bits per heavy atom. The first-order valence-electron chi connectivity index (χ1n) is 10.5. The van der Waals surface area contributed by atoms with Crippen LogP contribution in [0.25, 0.3) is 0 Å². The fraction of sp³-hybridized carbons (Fsp3) is 0.737. The van der Waals surface area contributed by atoms with Crippen LogP contribution in [0, 0.1) is 0 Å². The number of hydrogen-bond acceptors (Lipinski definition) is 9. The minimum Gasteiger partial charge on any atom is -0.481 e. The Labute approximate surface area is 191 Å². The van der Waals surface area contributed by atoms with E-state index < -0.39 is 72.5 Å². The zero-order valence-electron chi connectivity index (χ0n) is 18.7. The van der Waals surface area contributed by atoms with Crippen LogP contribution < -0.4 is 27.4 Å². The van der Waals surface area contributed by atoms with E-state index in [2.05, 4.69) is 16.0 Å². The van der Waals surface area contributed by atoms with E-state index in [1.807, 2.05) is 0 Å². The third-order valence-corrected chi connectivity index (χ3v) is 4.73. The van der Waals surface area contributed by atoms with Gasteiger partial charge in [0.2, 0.25) is 17.7 Å². The predicted molar refractivity (Wildman–Crippen MR) is 115 cm³/mol. The van der Waals surface area contributed by atoms with Crippen molar-refractivity contribution in [2.24, 2.45) is 11.5 Å². The number of rotatable bonds is 16. The summed E-state index contributed by atoms with van der Waals surface area (Å²) in [5, 5.41) is 43.9. The monoisotopic (exact) mass is 477 g/mol. The zero-order chi connectivity index (χ0) is 25.7. The maximum absolute atomic E-state index is 12.8. The molecule has 0 radical (unpaired) electrons. The van der Waals surface area contributed by atoms with Crippen LogP contribution in [0.3, 0.4) is 0 Å². The van der Waals surface area contributed by atoms with Crippen molar-refractivity contribution < 1.29 is 44.4 Å². The molecule has 0 saturated carbocycles. The third kappa shape index (κ3) is 11.6. The van der Waals surface area contributed by atoms with Crippen LogP contribution in [0.5, 0.6) is 0 Å². The number of aliphatic hydroxyl groups excluding tert-OH is 2. The normalized spacial score (nSPS) is 16.4. The van der Waals surface area contributed by atoms with E-state index in [1.54, 1.807) is 0 Å². The van der Waals surface area contributed by atoms with E-state index in [0.29, 0.717) is 19.4 Å². The van der Waals surface area contributed by atoms with Gasteiger partial charge >= 0.3 is 11.9 Å². The summed E-state index contributed by atoms with van der Waals surface area (Å²) < 4.78 is 0. The molecule has 0 aromatic rings. The van der Waals surface area contributed by atoms with Gasteiger partial charge in [-0.3, -0.25) is 19.2 Å². The number of carbonyl (C=O) groups excluding carboxylic acids is 3. The van der Waals surface area contributed by atoms with Gasteiger partial charge in [0.25, 0.3) is 0 Å². The molecule has 0 fully saturated rings. The Morgan fingerprint density at radius 3 is 1.76 bits per heavy atom. The molecular weight excluding hydrogens is 442 g/mol. The van der Waals surface area contributed by atoms with Crippen molar-refractivity contribution in [3.63, 3.8) is 0 Å². The quantitative estimate of drug-likeness (QED) is 0.0990. The maximum Gasteiger partial charge on any atom is 0.328 e. The van der Waals surface area contributed by atoms with Gasteiger partial charge in [-0.1, -0.05) is 0 Å². The molecule has 190 valence electrons. The first-order valence-corrected chi connectivity index (χ1v) is 10.5. The van der Waals surface area contributed by atoms with Crippen molar-refractivity contribution in [2.75, 3.05) is 6.54 Å². The summed E-state index contributed by atoms with van der Waals surface area (Å²) in [5.41, 5.74) is 11.0. The molecule has 0 aromatic heterocycles. The summed E-state index contributed by atoms with van der Waals surface area (Å²) in [7, 11) is 0. The summed E-state index contributed by atoms with van der Waals surface area (Å²) in [5.74, 6) is -5.42. The lowest BCUT2D eigenvalue weighted by atomic mass is 10.0. The molecule has 0 aliphatic heterocycles. The Bertz CT molecular complexity index is 687. The van der Waals surface area contributed by atoms with Crippen LogP contribution in [-0.4, -0.2) is 93.0 Å². The number of carbonyl (C=O) groups is 5. The minimum absolute atomic E-state index is 0.0632. The standard InChI is InChI=1S/C19H35N5O9/c1-9(25)14(21)18(31)23-12(6-7-13(27)28)16(29)22-11(5-3-4-8-20)17(30)24-15(10(2)26)19(32)33/h9-12,14-15,25-26H,3-8,20-21H2,1-2H3,(H,22,29)(H,23,31)(H,24,30)(H,27,28)(H,32,33)/t9-,10-,11+,12+,14+,15+/m1/s1. The van der Waals surface area contributed by atoms with Crippen LogP contribution >= 0.6 is 0 Å². The van der Waals surface area contributed by atoms with Gasteiger partial charge in [-0.2, -0.15) is 0 Å². The van der Waals surface area contributed by atoms with E-state index in [-0.39, 0.29) is 12.8 Å². The Morgan fingerprint density at radius 1 is 0.788 bits per heavy atom. The summed E-state index contributed by atoms with van der Waals surface area (Å²) in [6, 6.07) is -5.65. The van der Waals surface area contributed by atoms with E-state index in [0.717, 1.165) is 0 Å². The molecule has 0 unspecified atom stereocenters. The Kier molecular flexibility index (Phi) is 13.8. The summed E-state index contributed by atoms with van der Waals surface area (Å²) >= 11 is 0. The molecule has 33 heavy (non-hydrogen) atoms. The van der Waals surface area contributed by atoms with Crippen LogP contribution in [-0.2, 0) is 24.0 Å². The van der Waals surface area contributed by atoms with Gasteiger partial charge in [0.1, 0.15) is 18.1 Å². The molecule has 6 atom stereocenters. The highest BCUT2D eigenvalue weighted by atomic mass is 16.4. The lowest BCUT2D eigenvalue weighted by molar-refractivity contribution is -0.145. The largest absolute Gasteiger partial charge is 0.481 e. The van der Waals surface area contributed by atoms with E-state index in [9.17, 15) is 34.2 Å². The van der Waals surface area contributed by atoms with Crippen molar-refractivity contribution in [3.05, 3.63) is 0 Å². The van der Waals surface area contributed by atoms with Crippen molar-refractivity contribution in [3.8, 4) is 0 Å². The fourth-order valence-electron chi connectivity index (χ4n) is 2.70. The minimum atomic E-state index is -1.63. The topological polar surface area (TPSA) is 254 Å². The average Bonchev–Trinajstić information content (AvgIpc) is 2.72. The van der Waals surface area contributed by atoms with E-state index >= 15 is 0 Å². The number of aliphatic carboxylic acids is 2. The average molecular weight is 478 g/mol. The number of hydrogen-bond donors (Lipinski definition) is 9. The van der Waals surface area contributed by atoms with Crippen molar-refractivity contribution in [1.29, 1.82) is 0 Å². The molecule has 3 amide bonds. The van der Waals surface area contributed by atoms with E-state index in [1.165, 1.54) is 13.8 Å². The van der Waals surface area contributed by atoms with Crippen molar-refractivity contribution in [2.45, 2.75) is 82.3 Å². The number of carboxylic acids is 2. The third-order valence-electron chi connectivity index (χ3n) is 4.73. The highest BCUT2D eigenvalue weighted by Crippen LogP contribution is 2.06. The highest BCUT2D eigenvalue weighted by molar-refractivity contribution is 5.94. The van der Waals surface area contributed by atoms with Crippen LogP contribution in [0.4, 0.5) is 0 Å². The molecule has 0 aromatic carbocycles. The second-order valence-corrected chi connectivity index (χ2v) is 7.67. The van der Waals surface area contributed by atoms with Crippen molar-refractivity contribution >= 4 is 29.7 Å². The van der Waals surface area contributed by atoms with E-state index in [4.69, 9.17) is 21.7 Å². The van der Waals surface area contributed by atoms with Crippen molar-refractivity contribution in [1.82, 2.24) is 16.0 Å². The number of nitrogens with one attached hydrogen (secondary N) is 3. The van der Waals surface area contributed by atoms with Crippen LogP contribution in [0.1, 0.15) is 46.0 Å². The Balaban J connectivity index is 5.57. The molecule has 11 N–H and O–H groups in total. The molecule has 0 bridgehead atoms. The number of unbranched alkanes of at least 4 members (excludes halogenated alkanes) is 1. The lowest BCUT2D eigenvalue weighted by Gasteiger charge is -2.26. The lowest BCUT2D eigenvalue weighted by Crippen LogP contribution is -2.59. The maximum atomic E-state index is 12.8. The predicted octanol–water partition coefficient (Wildman–Crippen LogP) is -3.39. The molecule has 0 heterocycles. The molecule has 0 spiro atoms. The molecule has 0 aliphatic carbocycles. The number of amides is 3. The second-order valence-electron chi connectivity index (χ2n) is 7.67. The van der Waals surface area contributed by atoms with Crippen LogP contribution in [0.15, 0.2) is 0 Å². The first kappa shape index (κ1) is 30.2. The van der Waals surface area contributed by atoms with Gasteiger partial charge in [-0.05, 0) is 46.1 Å². The number of aliphatic hydroxyl groups is 2. The van der Waals surface area contributed by atoms with Gasteiger partial charge in [0.15, 0.2) is 6.04 Å². The highest BCUT2D eigenvalue weighted by Gasteiger charge is 2.32. The molecule has 14 nitrogen and oxygen atoms in total. The smallest absolute Gasteiger partial charge is 0.328 e. The van der Waals surface area contributed by atoms with Gasteiger partial charge in [-0.25, -0.2) is 4.79 Å². The summed E-state index contributed by atoms with van der Waals surface area (Å²) in [6.07, 6.45) is -2.53. The molecule has 14 heteroatoms. The summed E-state index contributed by atoms with van der Waals surface area (Å²) in [4.78, 5) is 59.8. The number of carboxylic acid groups (broad SMARTS) is 2. The molecular formula is C19H35N5O9. The molecule has 0 aliphatic rings. The first-order chi connectivity index (χ1) is 15.3. The van der Waals surface area contributed by atoms with Gasteiger partial charge in [0, 0.05) is 6.42 Å². The molecule has 0 saturated heterocycles. The van der Waals surface area contributed by atoms with Gasteiger partial charge in [-0.15, -0.1) is 0 Å². The Hall–Kier alpha value is -2.81. The van der Waals surface area contributed by atoms with Gasteiger partial charge < -0.3 is 47.8 Å².